The fourth-order valence-corrected chi connectivity index (χ4v) is 3.25. The van der Waals surface area contributed by atoms with Gasteiger partial charge in [0.2, 0.25) is 0 Å². The standard InChI is InChI=1S/C19H14ClF2NO4/c20-12-4-2-1-3-10(12)9-7-13(21)17(14(22)8-9)23-18(25)11-5-6-15(24)16(11)19(26)27/h1-4,7-8,15,24H,5-6H2,(H,23,25)(H,26,27). The van der Waals surface area contributed by atoms with Crippen molar-refractivity contribution in [3.63, 3.8) is 0 Å². The van der Waals surface area contributed by atoms with Gasteiger partial charge in [0.25, 0.3) is 5.91 Å². The van der Waals surface area contributed by atoms with E-state index in [0.29, 0.717) is 10.6 Å². The van der Waals surface area contributed by atoms with Gasteiger partial charge in [-0.2, -0.15) is 0 Å². The van der Waals surface area contributed by atoms with Crippen molar-refractivity contribution in [1.82, 2.24) is 0 Å². The first-order valence-corrected chi connectivity index (χ1v) is 8.37. The third kappa shape index (κ3) is 3.70. The summed E-state index contributed by atoms with van der Waals surface area (Å²) >= 11 is 6.03. The molecule has 1 aliphatic rings. The molecule has 140 valence electrons. The maximum atomic E-state index is 14.4. The molecule has 1 aliphatic carbocycles. The number of amides is 1. The fraction of sp³-hybridized carbons (Fsp3) is 0.158. The molecule has 0 radical (unpaired) electrons. The molecule has 5 nitrogen and oxygen atoms in total. The molecule has 0 spiro atoms. The van der Waals surface area contributed by atoms with Gasteiger partial charge in [0.05, 0.1) is 11.7 Å². The Balaban J connectivity index is 1.94. The van der Waals surface area contributed by atoms with Gasteiger partial charge in [-0.05, 0) is 36.6 Å². The largest absolute Gasteiger partial charge is 0.478 e. The molecule has 0 saturated heterocycles. The van der Waals surface area contributed by atoms with Gasteiger partial charge in [-0.25, -0.2) is 13.6 Å². The first-order valence-electron chi connectivity index (χ1n) is 7.99. The fourth-order valence-electron chi connectivity index (χ4n) is 3.00. The number of carbonyl (C=O) groups is 2. The molecule has 0 bridgehead atoms. The number of rotatable bonds is 4. The molecule has 1 amide bonds. The summed E-state index contributed by atoms with van der Waals surface area (Å²) in [5.41, 5.74) is -0.751. The molecule has 0 fully saturated rings. The van der Waals surface area contributed by atoms with Gasteiger partial charge in [-0.3, -0.25) is 4.79 Å². The van der Waals surface area contributed by atoms with Gasteiger partial charge in [0.15, 0.2) is 0 Å². The number of anilines is 1. The minimum Gasteiger partial charge on any atom is -0.478 e. The van der Waals surface area contributed by atoms with Gasteiger partial charge in [0, 0.05) is 16.2 Å². The average molecular weight is 394 g/mol. The van der Waals surface area contributed by atoms with Crippen LogP contribution < -0.4 is 5.32 Å². The summed E-state index contributed by atoms with van der Waals surface area (Å²) in [4.78, 5) is 23.5. The van der Waals surface area contributed by atoms with Crippen LogP contribution in [0.15, 0.2) is 47.5 Å². The van der Waals surface area contributed by atoms with Gasteiger partial charge >= 0.3 is 5.97 Å². The number of carboxylic acids is 1. The number of benzene rings is 2. The Kier molecular flexibility index (Phi) is 5.25. The second-order valence-corrected chi connectivity index (χ2v) is 6.41. The highest BCUT2D eigenvalue weighted by Crippen LogP contribution is 2.33. The lowest BCUT2D eigenvalue weighted by Crippen LogP contribution is -2.20. The predicted molar refractivity (Wildman–Crippen MR) is 95.3 cm³/mol. The van der Waals surface area contributed by atoms with Crippen molar-refractivity contribution in [3.05, 3.63) is 64.2 Å². The van der Waals surface area contributed by atoms with Crippen LogP contribution in [-0.4, -0.2) is 28.2 Å². The molecular weight excluding hydrogens is 380 g/mol. The number of nitrogens with one attached hydrogen (secondary N) is 1. The quantitative estimate of drug-likeness (QED) is 0.738. The van der Waals surface area contributed by atoms with E-state index in [0.717, 1.165) is 12.1 Å². The van der Waals surface area contributed by atoms with E-state index in [2.05, 4.69) is 5.32 Å². The number of aliphatic carboxylic acids is 1. The zero-order valence-electron chi connectivity index (χ0n) is 13.8. The molecule has 8 heteroatoms. The van der Waals surface area contributed by atoms with E-state index in [1.165, 1.54) is 0 Å². The smallest absolute Gasteiger partial charge is 0.334 e. The predicted octanol–water partition coefficient (Wildman–Crippen LogP) is 3.76. The molecule has 3 rings (SSSR count). The molecule has 2 aromatic carbocycles. The molecule has 2 aromatic rings. The van der Waals surface area contributed by atoms with Gasteiger partial charge in [-0.1, -0.05) is 29.8 Å². The number of carboxylic acid groups (broad SMARTS) is 1. The Morgan fingerprint density at radius 1 is 1.15 bits per heavy atom. The molecule has 0 aliphatic heterocycles. The van der Waals surface area contributed by atoms with E-state index in [-0.39, 0.29) is 24.0 Å². The minimum absolute atomic E-state index is 0.00439. The maximum absolute atomic E-state index is 14.4. The molecule has 1 unspecified atom stereocenters. The first kappa shape index (κ1) is 19.0. The summed E-state index contributed by atoms with van der Waals surface area (Å²) < 4.78 is 28.9. The van der Waals surface area contributed by atoms with E-state index in [1.807, 2.05) is 0 Å². The van der Waals surface area contributed by atoms with Crippen LogP contribution in [0.25, 0.3) is 11.1 Å². The maximum Gasteiger partial charge on any atom is 0.334 e. The monoisotopic (exact) mass is 393 g/mol. The summed E-state index contributed by atoms with van der Waals surface area (Å²) in [6, 6.07) is 8.56. The van der Waals surface area contributed by atoms with Crippen LogP contribution in [0.5, 0.6) is 0 Å². The molecule has 27 heavy (non-hydrogen) atoms. The number of hydrogen-bond donors (Lipinski definition) is 3. The second-order valence-electron chi connectivity index (χ2n) is 6.00. The Labute approximate surface area is 157 Å². The SMILES string of the molecule is O=C(O)C1=C(C(=O)Nc2c(F)cc(-c3ccccc3Cl)cc2F)CCC1O. The van der Waals surface area contributed by atoms with Crippen molar-refractivity contribution < 1.29 is 28.6 Å². The molecule has 1 atom stereocenters. The number of hydrogen-bond acceptors (Lipinski definition) is 3. The number of aliphatic hydroxyl groups is 1. The molecule has 0 saturated carbocycles. The highest BCUT2D eigenvalue weighted by atomic mass is 35.5. The van der Waals surface area contributed by atoms with Crippen molar-refractivity contribution in [2.45, 2.75) is 18.9 Å². The summed E-state index contributed by atoms with van der Waals surface area (Å²) in [5, 5.41) is 21.1. The molecular formula is C19H14ClF2NO4. The van der Waals surface area contributed by atoms with Gasteiger partial charge in [-0.15, -0.1) is 0 Å². The summed E-state index contributed by atoms with van der Waals surface area (Å²) in [6.07, 6.45) is -1.24. The molecule has 3 N–H and O–H groups in total. The van der Waals surface area contributed by atoms with E-state index >= 15 is 0 Å². The first-order chi connectivity index (χ1) is 12.8. The average Bonchev–Trinajstić information content (AvgIpc) is 3.00. The third-order valence-corrected chi connectivity index (χ3v) is 4.63. The third-order valence-electron chi connectivity index (χ3n) is 4.30. The second kappa shape index (κ2) is 7.46. The van der Waals surface area contributed by atoms with Crippen LogP contribution in [0, 0.1) is 11.6 Å². The number of halogens is 3. The van der Waals surface area contributed by atoms with Crippen molar-refractivity contribution >= 4 is 29.2 Å². The minimum atomic E-state index is -1.44. The zero-order chi connectivity index (χ0) is 19.7. The van der Waals surface area contributed by atoms with Crippen molar-refractivity contribution in [2.24, 2.45) is 0 Å². The van der Waals surface area contributed by atoms with E-state index in [9.17, 15) is 23.5 Å². The topological polar surface area (TPSA) is 86.6 Å². The normalized spacial score (nSPS) is 16.5. The highest BCUT2D eigenvalue weighted by Gasteiger charge is 2.33. The number of aliphatic hydroxyl groups excluding tert-OH is 1. The van der Waals surface area contributed by atoms with Crippen LogP contribution in [0.1, 0.15) is 12.8 Å². The lowest BCUT2D eigenvalue weighted by Gasteiger charge is -2.12. The van der Waals surface area contributed by atoms with Gasteiger partial charge < -0.3 is 15.5 Å². The van der Waals surface area contributed by atoms with E-state index in [1.54, 1.807) is 24.3 Å². The van der Waals surface area contributed by atoms with E-state index in [4.69, 9.17) is 16.7 Å². The Morgan fingerprint density at radius 2 is 1.78 bits per heavy atom. The van der Waals surface area contributed by atoms with E-state index < -0.39 is 40.9 Å². The number of carbonyl (C=O) groups excluding carboxylic acids is 1. The molecule has 0 heterocycles. The van der Waals surface area contributed by atoms with Crippen molar-refractivity contribution in [1.29, 1.82) is 0 Å². The van der Waals surface area contributed by atoms with Gasteiger partial charge in [0.1, 0.15) is 17.3 Å². The van der Waals surface area contributed by atoms with Crippen molar-refractivity contribution in [3.8, 4) is 11.1 Å². The van der Waals surface area contributed by atoms with Crippen LogP contribution in [0.2, 0.25) is 5.02 Å². The van der Waals surface area contributed by atoms with Crippen LogP contribution in [0.4, 0.5) is 14.5 Å². The Hall–Kier alpha value is -2.77. The summed E-state index contributed by atoms with van der Waals surface area (Å²) in [5.74, 6) is -4.48. The lowest BCUT2D eigenvalue weighted by molar-refractivity contribution is -0.134. The van der Waals surface area contributed by atoms with Crippen molar-refractivity contribution in [2.75, 3.05) is 5.32 Å². The molecule has 0 aromatic heterocycles. The van der Waals surface area contributed by atoms with Crippen LogP contribution in [0.3, 0.4) is 0 Å². The zero-order valence-corrected chi connectivity index (χ0v) is 14.6. The summed E-state index contributed by atoms with van der Waals surface area (Å²) in [6.45, 7) is 0. The summed E-state index contributed by atoms with van der Waals surface area (Å²) in [7, 11) is 0. The van der Waals surface area contributed by atoms with Crippen LogP contribution in [-0.2, 0) is 9.59 Å². The van der Waals surface area contributed by atoms with Crippen LogP contribution >= 0.6 is 11.6 Å². The Morgan fingerprint density at radius 3 is 2.37 bits per heavy atom. The lowest BCUT2D eigenvalue weighted by atomic mass is 10.0. The Bertz CT molecular complexity index is 951. The highest BCUT2D eigenvalue weighted by molar-refractivity contribution is 6.33.